The van der Waals surface area contributed by atoms with Crippen molar-refractivity contribution < 1.29 is 42.8 Å². The van der Waals surface area contributed by atoms with E-state index >= 15 is 0 Å². The van der Waals surface area contributed by atoms with Crippen molar-refractivity contribution in [2.45, 2.75) is 76.9 Å². The zero-order chi connectivity index (χ0) is 24.7. The maximum atomic E-state index is 12.9. The van der Waals surface area contributed by atoms with Crippen molar-refractivity contribution in [2.24, 2.45) is 0 Å². The number of ether oxygens (including phenoxy) is 6. The summed E-state index contributed by atoms with van der Waals surface area (Å²) < 4.78 is 34.4. The first-order chi connectivity index (χ1) is 16.0. The third-order valence-corrected chi connectivity index (χ3v) is 5.52. The predicted octanol–water partition coefficient (Wildman–Crippen LogP) is 1.31. The number of esters is 1. The first-order valence-corrected chi connectivity index (χ1v) is 11.2. The van der Waals surface area contributed by atoms with Gasteiger partial charge in [0.1, 0.15) is 18.3 Å². The zero-order valence-corrected chi connectivity index (χ0v) is 19.8. The number of carbonyl (C=O) groups is 3. The zero-order valence-electron chi connectivity index (χ0n) is 19.8. The number of hydrogen-bond acceptors (Lipinski definition) is 9. The molecule has 0 bridgehead atoms. The third kappa shape index (κ3) is 5.23. The lowest BCUT2D eigenvalue weighted by atomic mass is 9.98. The number of hydrogen-bond donors (Lipinski definition) is 2. The van der Waals surface area contributed by atoms with Crippen molar-refractivity contribution in [1.82, 2.24) is 5.32 Å². The van der Waals surface area contributed by atoms with Gasteiger partial charge in [-0.2, -0.15) is 0 Å². The molecular weight excluding hydrogens is 448 g/mol. The van der Waals surface area contributed by atoms with Crippen molar-refractivity contribution in [1.29, 1.82) is 0 Å². The van der Waals surface area contributed by atoms with E-state index in [1.165, 1.54) is 0 Å². The molecule has 0 radical (unpaired) electrons. The minimum atomic E-state index is -1.05. The highest BCUT2D eigenvalue weighted by Gasteiger charge is 2.62. The lowest BCUT2D eigenvalue weighted by Crippen LogP contribution is -2.59. The van der Waals surface area contributed by atoms with Gasteiger partial charge in [0.25, 0.3) is 5.91 Å². The van der Waals surface area contributed by atoms with Crippen LogP contribution in [-0.2, 0) is 38.0 Å². The number of benzene rings is 1. The van der Waals surface area contributed by atoms with Gasteiger partial charge in [-0.15, -0.1) is 0 Å². The van der Waals surface area contributed by atoms with Gasteiger partial charge >= 0.3 is 5.97 Å². The maximum absolute atomic E-state index is 12.9. The fraction of sp³-hybridized carbons (Fsp3) is 0.609. The van der Waals surface area contributed by atoms with Crippen LogP contribution < -0.4 is 10.6 Å². The number of rotatable bonds is 6. The molecule has 5 atom stereocenters. The van der Waals surface area contributed by atoms with Crippen LogP contribution in [-0.4, -0.2) is 73.2 Å². The van der Waals surface area contributed by atoms with E-state index in [4.69, 9.17) is 28.4 Å². The SMILES string of the molecule is CCOC(=O)c1ccc(NC(=O)CNC(=O)[C@H]2O[C@@H]3OC(C)(C)O[C@@H]3[C@H]3OC(C)(C)O[C@H]32)cc1. The first-order valence-electron chi connectivity index (χ1n) is 11.2. The molecule has 34 heavy (non-hydrogen) atoms. The van der Waals surface area contributed by atoms with Gasteiger partial charge in [0.15, 0.2) is 24.0 Å². The molecular formula is C23H30N2O9. The summed E-state index contributed by atoms with van der Waals surface area (Å²) in [6, 6.07) is 6.24. The van der Waals surface area contributed by atoms with Gasteiger partial charge in [0.2, 0.25) is 5.91 Å². The molecule has 2 N–H and O–H groups in total. The van der Waals surface area contributed by atoms with Crippen LogP contribution in [0.1, 0.15) is 45.0 Å². The summed E-state index contributed by atoms with van der Waals surface area (Å²) in [5.74, 6) is -3.26. The number of amides is 2. The molecule has 1 aromatic carbocycles. The lowest BCUT2D eigenvalue weighted by Gasteiger charge is -2.36. The Morgan fingerprint density at radius 3 is 2.21 bits per heavy atom. The molecule has 186 valence electrons. The summed E-state index contributed by atoms with van der Waals surface area (Å²) in [7, 11) is 0. The minimum Gasteiger partial charge on any atom is -0.462 e. The van der Waals surface area contributed by atoms with E-state index in [9.17, 15) is 14.4 Å². The van der Waals surface area contributed by atoms with Gasteiger partial charge in [-0.1, -0.05) is 0 Å². The molecule has 3 saturated heterocycles. The summed E-state index contributed by atoms with van der Waals surface area (Å²) in [6.45, 7) is 8.70. The van der Waals surface area contributed by atoms with Crippen molar-refractivity contribution in [3.8, 4) is 0 Å². The van der Waals surface area contributed by atoms with E-state index < -0.39 is 60.1 Å². The van der Waals surface area contributed by atoms with Crippen molar-refractivity contribution >= 4 is 23.5 Å². The largest absolute Gasteiger partial charge is 0.462 e. The second-order valence-corrected chi connectivity index (χ2v) is 9.15. The van der Waals surface area contributed by atoms with E-state index in [0.29, 0.717) is 11.3 Å². The molecule has 3 heterocycles. The van der Waals surface area contributed by atoms with Crippen LogP contribution >= 0.6 is 0 Å². The molecule has 4 rings (SSSR count). The summed E-state index contributed by atoms with van der Waals surface area (Å²) >= 11 is 0. The molecule has 3 aliphatic rings. The molecule has 0 spiro atoms. The smallest absolute Gasteiger partial charge is 0.338 e. The van der Waals surface area contributed by atoms with Gasteiger partial charge in [-0.3, -0.25) is 9.59 Å². The Kier molecular flexibility index (Phi) is 6.67. The molecule has 11 nitrogen and oxygen atoms in total. The molecule has 3 aliphatic heterocycles. The lowest BCUT2D eigenvalue weighted by molar-refractivity contribution is -0.231. The van der Waals surface area contributed by atoms with E-state index in [1.807, 2.05) is 0 Å². The van der Waals surface area contributed by atoms with Gasteiger partial charge in [0, 0.05) is 5.69 Å². The Bertz CT molecular complexity index is 946. The van der Waals surface area contributed by atoms with Crippen molar-refractivity contribution in [3.63, 3.8) is 0 Å². The average molecular weight is 478 g/mol. The fourth-order valence-corrected chi connectivity index (χ4v) is 4.20. The molecule has 0 saturated carbocycles. The number of anilines is 1. The summed E-state index contributed by atoms with van der Waals surface area (Å²) in [4.78, 5) is 37.0. The van der Waals surface area contributed by atoms with E-state index in [1.54, 1.807) is 58.9 Å². The molecule has 3 fully saturated rings. The van der Waals surface area contributed by atoms with E-state index in [2.05, 4.69) is 10.6 Å². The molecule has 0 unspecified atom stereocenters. The highest BCUT2D eigenvalue weighted by atomic mass is 16.9. The van der Waals surface area contributed by atoms with E-state index in [-0.39, 0.29) is 13.2 Å². The summed E-state index contributed by atoms with van der Waals surface area (Å²) in [5, 5.41) is 5.24. The molecule has 0 aliphatic carbocycles. The fourth-order valence-electron chi connectivity index (χ4n) is 4.20. The molecule has 2 amide bonds. The number of nitrogens with one attached hydrogen (secondary N) is 2. The topological polar surface area (TPSA) is 131 Å². The minimum absolute atomic E-state index is 0.274. The highest BCUT2D eigenvalue weighted by Crippen LogP contribution is 2.44. The molecule has 11 heteroatoms. The van der Waals surface area contributed by atoms with Crippen LogP contribution in [0.4, 0.5) is 5.69 Å². The standard InChI is InChI=1S/C23H30N2O9/c1-6-29-20(28)12-7-9-13(10-8-12)25-14(26)11-24-19(27)17-15-16(32-22(2,3)31-15)18-21(30-17)34-23(4,5)33-18/h7-10,15-18,21H,6,11H2,1-5H3,(H,24,27)(H,25,26)/t15-,16+,17+,18-,21-/m1/s1. The van der Waals surface area contributed by atoms with Crippen LogP contribution in [0.25, 0.3) is 0 Å². The molecule has 0 aromatic heterocycles. The summed E-state index contributed by atoms with van der Waals surface area (Å²) in [6.07, 6.45) is -3.71. The second kappa shape index (κ2) is 9.23. The average Bonchev–Trinajstić information content (AvgIpc) is 3.25. The Balaban J connectivity index is 1.35. The van der Waals surface area contributed by atoms with Crippen LogP contribution in [0.2, 0.25) is 0 Å². The maximum Gasteiger partial charge on any atom is 0.338 e. The highest BCUT2D eigenvalue weighted by molar-refractivity contribution is 5.96. The van der Waals surface area contributed by atoms with Gasteiger partial charge < -0.3 is 39.1 Å². The monoisotopic (exact) mass is 478 g/mol. The third-order valence-electron chi connectivity index (χ3n) is 5.52. The van der Waals surface area contributed by atoms with Gasteiger partial charge in [0.05, 0.1) is 18.7 Å². The Labute approximate surface area is 197 Å². The summed E-state index contributed by atoms with van der Waals surface area (Å²) in [5.41, 5.74) is 0.843. The first kappa shape index (κ1) is 24.6. The van der Waals surface area contributed by atoms with Crippen LogP contribution in [0.15, 0.2) is 24.3 Å². The van der Waals surface area contributed by atoms with E-state index in [0.717, 1.165) is 0 Å². The Hall–Kier alpha value is -2.57. The predicted molar refractivity (Wildman–Crippen MR) is 117 cm³/mol. The quantitative estimate of drug-likeness (QED) is 0.581. The number of carbonyl (C=O) groups excluding carboxylic acids is 3. The normalized spacial score (nSPS) is 30.7. The van der Waals surface area contributed by atoms with Crippen LogP contribution in [0, 0.1) is 0 Å². The van der Waals surface area contributed by atoms with Crippen molar-refractivity contribution in [3.05, 3.63) is 29.8 Å². The molecule has 1 aromatic rings. The van der Waals surface area contributed by atoms with Gasteiger partial charge in [-0.05, 0) is 58.9 Å². The Morgan fingerprint density at radius 1 is 0.912 bits per heavy atom. The van der Waals surface area contributed by atoms with Crippen LogP contribution in [0.5, 0.6) is 0 Å². The second-order valence-electron chi connectivity index (χ2n) is 9.15. The van der Waals surface area contributed by atoms with Crippen molar-refractivity contribution in [2.75, 3.05) is 18.5 Å². The number of fused-ring (bicyclic) bond motifs is 3. The van der Waals surface area contributed by atoms with Gasteiger partial charge in [-0.25, -0.2) is 4.79 Å². The Morgan fingerprint density at radius 2 is 1.53 bits per heavy atom. The van der Waals surface area contributed by atoms with Crippen LogP contribution in [0.3, 0.4) is 0 Å².